The van der Waals surface area contributed by atoms with E-state index in [4.69, 9.17) is 0 Å². The first-order valence-corrected chi connectivity index (χ1v) is 8.44. The van der Waals surface area contributed by atoms with Crippen LogP contribution in [-0.2, 0) is 6.42 Å². The molecule has 1 aliphatic rings. The van der Waals surface area contributed by atoms with Crippen LogP contribution < -0.4 is 5.32 Å². The molecule has 21 heavy (non-hydrogen) atoms. The lowest BCUT2D eigenvalue weighted by molar-refractivity contribution is 0.433. The first-order chi connectivity index (χ1) is 10.2. The summed E-state index contributed by atoms with van der Waals surface area (Å²) in [5.74, 6) is 1.03. The van der Waals surface area contributed by atoms with Gasteiger partial charge in [0.2, 0.25) is 0 Å². The van der Waals surface area contributed by atoms with E-state index in [-0.39, 0.29) is 11.9 Å². The second-order valence-corrected chi connectivity index (χ2v) is 6.73. The molecular weight excluding hydrogens is 281 g/mol. The van der Waals surface area contributed by atoms with Crippen molar-refractivity contribution in [2.24, 2.45) is 0 Å². The molecule has 2 atom stereocenters. The van der Waals surface area contributed by atoms with Crippen molar-refractivity contribution in [1.29, 1.82) is 0 Å². The van der Waals surface area contributed by atoms with Crippen molar-refractivity contribution >= 4 is 11.8 Å². The summed E-state index contributed by atoms with van der Waals surface area (Å²) in [6, 6.07) is 16.3. The van der Waals surface area contributed by atoms with Gasteiger partial charge >= 0.3 is 0 Å². The predicted octanol–water partition coefficient (Wildman–Crippen LogP) is 4.58. The molecule has 3 rings (SSSR count). The van der Waals surface area contributed by atoms with Crippen LogP contribution in [0, 0.1) is 5.82 Å². The Morgan fingerprint density at radius 2 is 1.95 bits per heavy atom. The number of hydrogen-bond acceptors (Lipinski definition) is 2. The molecule has 0 bridgehead atoms. The summed E-state index contributed by atoms with van der Waals surface area (Å²) in [7, 11) is 0. The van der Waals surface area contributed by atoms with Crippen LogP contribution >= 0.6 is 11.8 Å². The summed E-state index contributed by atoms with van der Waals surface area (Å²) in [6.07, 6.45) is 1.85. The van der Waals surface area contributed by atoms with E-state index in [0.29, 0.717) is 6.04 Å². The quantitative estimate of drug-likeness (QED) is 0.887. The summed E-state index contributed by atoms with van der Waals surface area (Å²) in [5.41, 5.74) is 2.17. The Hall–Kier alpha value is -1.32. The molecule has 110 valence electrons. The summed E-state index contributed by atoms with van der Waals surface area (Å²) >= 11 is 1.93. The highest BCUT2D eigenvalue weighted by molar-refractivity contribution is 7.99. The van der Waals surface area contributed by atoms with Crippen molar-refractivity contribution in [2.75, 3.05) is 5.75 Å². The topological polar surface area (TPSA) is 12.0 Å². The molecule has 0 saturated carbocycles. The Labute approximate surface area is 130 Å². The molecular formula is C18H20FNS. The normalized spacial score (nSPS) is 19.0. The molecule has 1 heterocycles. The molecule has 0 radical (unpaired) electrons. The van der Waals surface area contributed by atoms with Gasteiger partial charge in [0, 0.05) is 17.0 Å². The van der Waals surface area contributed by atoms with E-state index in [1.54, 1.807) is 6.07 Å². The Morgan fingerprint density at radius 1 is 1.19 bits per heavy atom. The molecule has 1 aliphatic heterocycles. The molecule has 0 aromatic heterocycles. The van der Waals surface area contributed by atoms with Gasteiger partial charge in [-0.15, -0.1) is 11.8 Å². The Balaban J connectivity index is 1.69. The van der Waals surface area contributed by atoms with Crippen LogP contribution in [0.25, 0.3) is 0 Å². The molecule has 1 N–H and O–H groups in total. The van der Waals surface area contributed by atoms with E-state index < -0.39 is 0 Å². The molecule has 2 aromatic rings. The van der Waals surface area contributed by atoms with E-state index in [1.165, 1.54) is 16.5 Å². The van der Waals surface area contributed by atoms with Gasteiger partial charge in [0.05, 0.1) is 0 Å². The number of rotatable bonds is 4. The summed E-state index contributed by atoms with van der Waals surface area (Å²) in [6.45, 7) is 2.14. The zero-order chi connectivity index (χ0) is 14.7. The Bertz CT molecular complexity index is 614. The predicted molar refractivity (Wildman–Crippen MR) is 87.2 cm³/mol. The van der Waals surface area contributed by atoms with E-state index in [2.05, 4.69) is 36.5 Å². The second kappa shape index (κ2) is 6.63. The van der Waals surface area contributed by atoms with Gasteiger partial charge in [-0.25, -0.2) is 4.39 Å². The van der Waals surface area contributed by atoms with Crippen molar-refractivity contribution in [2.45, 2.75) is 36.7 Å². The van der Waals surface area contributed by atoms with Crippen LogP contribution in [0.2, 0.25) is 0 Å². The van der Waals surface area contributed by atoms with Crippen LogP contribution in [0.15, 0.2) is 53.4 Å². The fourth-order valence-electron chi connectivity index (χ4n) is 2.91. The maximum Gasteiger partial charge on any atom is 0.126 e. The molecule has 0 spiro atoms. The monoisotopic (exact) mass is 301 g/mol. The minimum atomic E-state index is -0.106. The first-order valence-electron chi connectivity index (χ1n) is 7.45. The van der Waals surface area contributed by atoms with Crippen molar-refractivity contribution in [3.63, 3.8) is 0 Å². The summed E-state index contributed by atoms with van der Waals surface area (Å²) < 4.78 is 13.7. The van der Waals surface area contributed by atoms with Crippen molar-refractivity contribution in [1.82, 2.24) is 5.32 Å². The van der Waals surface area contributed by atoms with Crippen molar-refractivity contribution in [3.8, 4) is 0 Å². The number of nitrogens with one attached hydrogen (secondary N) is 1. The minimum absolute atomic E-state index is 0.106. The van der Waals surface area contributed by atoms with Gasteiger partial charge in [0.25, 0.3) is 0 Å². The molecule has 1 nitrogen and oxygen atoms in total. The number of halogens is 1. The lowest BCUT2D eigenvalue weighted by atomic mass is 10.0. The number of fused-ring (bicyclic) bond motifs is 1. The van der Waals surface area contributed by atoms with Gasteiger partial charge in [-0.2, -0.15) is 0 Å². The van der Waals surface area contributed by atoms with E-state index >= 15 is 0 Å². The largest absolute Gasteiger partial charge is 0.307 e. The van der Waals surface area contributed by atoms with Gasteiger partial charge in [-0.05, 0) is 48.8 Å². The molecule has 0 aliphatic carbocycles. The Morgan fingerprint density at radius 3 is 2.81 bits per heavy atom. The Kier molecular flexibility index (Phi) is 4.61. The van der Waals surface area contributed by atoms with Crippen molar-refractivity contribution < 1.29 is 4.39 Å². The van der Waals surface area contributed by atoms with E-state index in [1.807, 2.05) is 23.9 Å². The van der Waals surface area contributed by atoms with Crippen LogP contribution in [0.5, 0.6) is 0 Å². The van der Waals surface area contributed by atoms with Crippen LogP contribution in [0.4, 0.5) is 4.39 Å². The van der Waals surface area contributed by atoms with Crippen LogP contribution in [0.3, 0.4) is 0 Å². The first kappa shape index (κ1) is 14.6. The number of benzene rings is 2. The van der Waals surface area contributed by atoms with Gasteiger partial charge in [0.15, 0.2) is 0 Å². The lowest BCUT2D eigenvalue weighted by Crippen LogP contribution is -2.34. The van der Waals surface area contributed by atoms with E-state index in [9.17, 15) is 4.39 Å². The standard InChI is InChI=1S/C18H20FNS/c1-13(12-14-6-2-4-8-16(14)19)20-17-10-11-21-18-9-5-3-7-15(17)18/h2-9,13,17,20H,10-12H2,1H3. The summed E-state index contributed by atoms with van der Waals surface area (Å²) in [5, 5.41) is 3.67. The number of thioether (sulfide) groups is 1. The average molecular weight is 301 g/mol. The van der Waals surface area contributed by atoms with Crippen molar-refractivity contribution in [3.05, 3.63) is 65.5 Å². The minimum Gasteiger partial charge on any atom is -0.307 e. The highest BCUT2D eigenvalue weighted by Gasteiger charge is 2.21. The van der Waals surface area contributed by atoms with E-state index in [0.717, 1.165) is 24.2 Å². The lowest BCUT2D eigenvalue weighted by Gasteiger charge is -2.29. The second-order valence-electron chi connectivity index (χ2n) is 5.59. The average Bonchev–Trinajstić information content (AvgIpc) is 2.50. The third-order valence-corrected chi connectivity index (χ3v) is 5.05. The zero-order valence-electron chi connectivity index (χ0n) is 12.2. The molecule has 0 saturated heterocycles. The molecule has 0 amide bonds. The SMILES string of the molecule is CC(Cc1ccccc1F)NC1CCSc2ccccc21. The highest BCUT2D eigenvalue weighted by Crippen LogP contribution is 2.36. The maximum atomic E-state index is 13.7. The van der Waals surface area contributed by atoms with Gasteiger partial charge in [-0.3, -0.25) is 0 Å². The third kappa shape index (κ3) is 3.47. The van der Waals surface area contributed by atoms with Gasteiger partial charge in [-0.1, -0.05) is 36.4 Å². The van der Waals surface area contributed by atoms with Gasteiger partial charge in [0.1, 0.15) is 5.82 Å². The highest BCUT2D eigenvalue weighted by atomic mass is 32.2. The van der Waals surface area contributed by atoms with Crippen LogP contribution in [0.1, 0.15) is 30.5 Å². The zero-order valence-corrected chi connectivity index (χ0v) is 13.0. The van der Waals surface area contributed by atoms with Gasteiger partial charge < -0.3 is 5.32 Å². The maximum absolute atomic E-state index is 13.7. The molecule has 2 unspecified atom stereocenters. The molecule has 0 fully saturated rings. The summed E-state index contributed by atoms with van der Waals surface area (Å²) in [4.78, 5) is 1.37. The smallest absolute Gasteiger partial charge is 0.126 e. The third-order valence-electron chi connectivity index (χ3n) is 3.93. The number of hydrogen-bond donors (Lipinski definition) is 1. The fraction of sp³-hybridized carbons (Fsp3) is 0.333. The fourth-order valence-corrected chi connectivity index (χ4v) is 4.04. The molecule has 2 aromatic carbocycles. The molecule has 3 heteroatoms. The van der Waals surface area contributed by atoms with Crippen LogP contribution in [-0.4, -0.2) is 11.8 Å².